The maximum atomic E-state index is 10.9. The molecule has 460 valence electrons. The van der Waals surface area contributed by atoms with Gasteiger partial charge < -0.3 is 13.9 Å². The molecular formula is C86H74N4OPtSi-2. The Hall–Kier alpha value is -9.45. The van der Waals surface area contributed by atoms with Crippen LogP contribution in [0.2, 0.25) is 0 Å². The SMILES string of the molecule is [2H]c1c([2H])c([2H])c(-c2cnc(-n3c4[c-]c(Oc5[c-]c(-n6[c-][n+](-c7c(-c8c([2H])c([2H])c9c(c8[2H])C(C([2H])([2H])[2H])(C([2H])([2H])[2H])C([2H])([2H])C([2H])([2H])C9(C([2H])([2H])[2H])C([2H])([2H])[2H])cc(C([2H])([2H])[2H])cc7[Si](c7c([2H])c([2H])c([2H])c([2H])c7[2H])(c7c([2H])c([2H])c([2H])c([2H])c7[2H])c7c([2H])c([2H])c([2H])c([2H])c7[2H])c7ccc(-c8ccc(C(C)(C)C)cc8)cc76)ccc5)ccc4c4ccccc43)cc2C([2H])([2H])[2H])c([2H])c1[2H].[Pt]. The first-order valence-corrected chi connectivity index (χ1v) is 30.5. The molecule has 7 heteroatoms. The summed E-state index contributed by atoms with van der Waals surface area (Å²) >= 11 is 0. The molecule has 0 spiro atoms. The number of aryl methyl sites for hydroxylation is 2. The van der Waals surface area contributed by atoms with Crippen LogP contribution in [0.1, 0.15) is 150 Å². The van der Waals surface area contributed by atoms with E-state index in [1.54, 1.807) is 54.6 Å². The van der Waals surface area contributed by atoms with E-state index in [0.29, 0.717) is 34.0 Å². The van der Waals surface area contributed by atoms with Crippen LogP contribution in [0.4, 0.5) is 0 Å². The van der Waals surface area contributed by atoms with Gasteiger partial charge in [-0.05, 0) is 143 Å². The summed E-state index contributed by atoms with van der Waals surface area (Å²) in [5.41, 5.74) is -19.6. The van der Waals surface area contributed by atoms with Crippen molar-refractivity contribution in [1.29, 1.82) is 0 Å². The van der Waals surface area contributed by atoms with E-state index in [1.165, 1.54) is 53.1 Å². The molecule has 0 bridgehead atoms. The number of fused-ring (bicyclic) bond motifs is 5. The molecule has 3 heterocycles. The Bertz CT molecular complexity index is 7190. The Balaban J connectivity index is 0.0000152. The summed E-state index contributed by atoms with van der Waals surface area (Å²) in [5.74, 6) is -0.451. The summed E-state index contributed by atoms with van der Waals surface area (Å²) in [6.07, 6.45) is -5.78. The van der Waals surface area contributed by atoms with Gasteiger partial charge in [-0.2, -0.15) is 18.2 Å². The largest absolute Gasteiger partial charge is 0.510 e. The second-order valence-corrected chi connectivity index (χ2v) is 26.3. The van der Waals surface area contributed by atoms with E-state index in [1.807, 2.05) is 20.8 Å². The zero-order valence-corrected chi connectivity index (χ0v) is 52.3. The molecule has 0 unspecified atom stereocenters. The van der Waals surface area contributed by atoms with Crippen LogP contribution in [0.5, 0.6) is 11.5 Å². The standard InChI is InChI=1S/C86H74N4OSi.Pt/c1-58-49-73(63-39-45-75-76(52-63)86(8,9)48-47-85(75,6)7)83(81(50-58)92(68-29-16-11-17-30-68,69-31-18-12-19-32-69)70-33-20-13-21-34-70)89-57-88(80-53-62(40-46-78(80)89)60-37-41-64(42-38-60)84(3,4)5)65-27-24-28-66(54-65)91-67-43-44-72-71-35-22-23-36-77(71)90(79(72)55-67)82-51-59(2)74(56-87-82)61-25-14-10-15-26-61;/h10-46,49-53,56H,47-48H2,1-9H3;/q-2;/i1D3,2D3,6D3,7D3,8D3,9D3,10D,11D,12D,13D,14D,15D,16D,17D,18D,19D,20D,21D,25D,26D,29D,30D,31D,32D,33D,34D,39D,45D,47D2,48D2,52D;. The summed E-state index contributed by atoms with van der Waals surface area (Å²) < 4.78 is 436. The van der Waals surface area contributed by atoms with Gasteiger partial charge in [-0.15, -0.1) is 29.7 Å². The third-order valence-electron chi connectivity index (χ3n) is 16.0. The normalized spacial score (nSPS) is 22.5. The Labute approximate surface area is 626 Å². The summed E-state index contributed by atoms with van der Waals surface area (Å²) in [7, 11) is -7.09. The van der Waals surface area contributed by atoms with Crippen molar-refractivity contribution >= 4 is 61.7 Å². The topological polar surface area (TPSA) is 35.9 Å². The number of para-hydroxylation sites is 1. The second kappa shape index (κ2) is 23.9. The third kappa shape index (κ3) is 10.8. The number of hydrogen-bond donors (Lipinski definition) is 0. The molecule has 0 radical (unpaired) electrons. The number of hydrogen-bond acceptors (Lipinski definition) is 2. The summed E-state index contributed by atoms with van der Waals surface area (Å²) in [5, 5.41) is -4.27. The van der Waals surface area contributed by atoms with Gasteiger partial charge in [-0.25, -0.2) is 4.98 Å². The third-order valence-corrected chi connectivity index (χ3v) is 20.2. The number of imidazole rings is 1. The molecule has 0 N–H and O–H groups in total. The molecule has 14 aromatic rings. The van der Waals surface area contributed by atoms with Crippen molar-refractivity contribution in [3.05, 3.63) is 307 Å². The number of rotatable bonds is 12. The van der Waals surface area contributed by atoms with Gasteiger partial charge in [0, 0.05) is 80.0 Å². The maximum Gasteiger partial charge on any atom is 0.268 e. The van der Waals surface area contributed by atoms with Gasteiger partial charge in [0.1, 0.15) is 5.82 Å². The van der Waals surface area contributed by atoms with Crippen molar-refractivity contribution in [2.45, 2.75) is 90.9 Å². The van der Waals surface area contributed by atoms with Crippen LogP contribution in [0.3, 0.4) is 0 Å². The van der Waals surface area contributed by atoms with Gasteiger partial charge in [0.05, 0.1) is 48.2 Å². The number of ether oxygens (including phenoxy) is 1. The first kappa shape index (κ1) is 28.4. The van der Waals surface area contributed by atoms with Crippen LogP contribution in [-0.4, -0.2) is 22.2 Å². The summed E-state index contributed by atoms with van der Waals surface area (Å²) in [4.78, 5) is 4.65. The summed E-state index contributed by atoms with van der Waals surface area (Å²) in [6, 6.07) is 3.50. The van der Waals surface area contributed by atoms with Crippen molar-refractivity contribution in [1.82, 2.24) is 14.1 Å². The van der Waals surface area contributed by atoms with Gasteiger partial charge in [-0.1, -0.05) is 265 Å². The molecule has 0 aliphatic heterocycles. The van der Waals surface area contributed by atoms with Gasteiger partial charge in [-0.3, -0.25) is 4.57 Å². The second-order valence-electron chi connectivity index (χ2n) is 22.7. The van der Waals surface area contributed by atoms with Gasteiger partial charge in [0.2, 0.25) is 0 Å². The molecule has 0 fully saturated rings. The fraction of sp³-hybridized carbons (Fsp3) is 0.163. The van der Waals surface area contributed by atoms with Crippen LogP contribution in [0, 0.1) is 32.2 Å². The molecule has 5 nitrogen and oxygen atoms in total. The van der Waals surface area contributed by atoms with Crippen LogP contribution in [0.15, 0.2) is 260 Å². The van der Waals surface area contributed by atoms with Gasteiger partial charge in [0.15, 0.2) is 8.07 Å². The zero-order chi connectivity index (χ0) is 102. The average Bonchev–Trinajstić information content (AvgIpc) is 1.05. The Morgan fingerprint density at radius 2 is 1.24 bits per heavy atom. The number of nitrogens with zero attached hydrogens (tertiary/aromatic N) is 4. The Kier molecular flexibility index (Phi) is 7.30. The Morgan fingerprint density at radius 1 is 0.581 bits per heavy atom. The Morgan fingerprint density at radius 3 is 1.90 bits per heavy atom. The van der Waals surface area contributed by atoms with Gasteiger partial charge in [0.25, 0.3) is 6.33 Å². The smallest absolute Gasteiger partial charge is 0.268 e. The number of aromatic nitrogens is 4. The molecule has 0 atom stereocenters. The monoisotopic (exact) mass is 1450 g/mol. The summed E-state index contributed by atoms with van der Waals surface area (Å²) in [6.45, 7) is -20.0. The molecule has 0 saturated carbocycles. The fourth-order valence-electron chi connectivity index (χ4n) is 11.7. The van der Waals surface area contributed by atoms with Crippen molar-refractivity contribution in [3.8, 4) is 62.1 Å². The first-order chi connectivity index (χ1) is 63.0. The number of benzene rings is 11. The van der Waals surface area contributed by atoms with Crippen LogP contribution >= 0.6 is 0 Å². The molecule has 3 aromatic heterocycles. The zero-order valence-electron chi connectivity index (χ0n) is 94.1. The average molecular weight is 1450 g/mol. The molecule has 0 saturated heterocycles. The van der Waals surface area contributed by atoms with E-state index < -0.39 is 288 Å². The van der Waals surface area contributed by atoms with E-state index in [-0.39, 0.29) is 66.2 Å². The van der Waals surface area contributed by atoms with E-state index in [4.69, 9.17) is 28.0 Å². The molecular weight excluding hydrogens is 1330 g/mol. The molecule has 93 heavy (non-hydrogen) atoms. The molecule has 1 aliphatic rings. The van der Waals surface area contributed by atoms with Crippen molar-refractivity contribution in [2.75, 3.05) is 0 Å². The maximum absolute atomic E-state index is 10.9. The van der Waals surface area contributed by atoms with Gasteiger partial charge >= 0.3 is 0 Å². The van der Waals surface area contributed by atoms with Crippen molar-refractivity contribution in [2.24, 2.45) is 0 Å². The van der Waals surface area contributed by atoms with Crippen LogP contribution < -0.4 is 30.1 Å². The predicted octanol–water partition coefficient (Wildman–Crippen LogP) is 18.2. The molecule has 0 amide bonds. The van der Waals surface area contributed by atoms with E-state index in [2.05, 4.69) is 23.4 Å². The minimum atomic E-state index is -7.09. The first-order valence-electron chi connectivity index (χ1n) is 51.0. The number of pyridine rings is 1. The van der Waals surface area contributed by atoms with Crippen LogP contribution in [-0.2, 0) is 37.3 Å². The molecule has 11 aromatic carbocycles. The van der Waals surface area contributed by atoms with Crippen LogP contribution in [0.25, 0.3) is 83.4 Å². The minimum absolute atomic E-state index is 0. The van der Waals surface area contributed by atoms with E-state index in [0.717, 1.165) is 20.9 Å². The van der Waals surface area contributed by atoms with E-state index in [9.17, 15) is 38.4 Å². The van der Waals surface area contributed by atoms with Crippen molar-refractivity contribution < 1.29 is 92.1 Å². The minimum Gasteiger partial charge on any atom is -0.510 e. The fourth-order valence-corrected chi connectivity index (χ4v) is 15.8. The van der Waals surface area contributed by atoms with Crippen molar-refractivity contribution in [3.63, 3.8) is 0 Å². The predicted molar refractivity (Wildman–Crippen MR) is 383 cm³/mol. The molecule has 1 aliphatic carbocycles. The quantitative estimate of drug-likeness (QED) is 0.0529. The van der Waals surface area contributed by atoms with E-state index >= 15 is 0 Å². The molecule has 15 rings (SSSR count).